The Labute approximate surface area is 129 Å². The summed E-state index contributed by atoms with van der Waals surface area (Å²) in [6.07, 6.45) is 3.45. The largest absolute Gasteiger partial charge is 0.511 e. The molecule has 2 N–H and O–H groups in total. The maximum absolute atomic E-state index is 12.3. The van der Waals surface area contributed by atoms with Crippen LogP contribution in [0.2, 0.25) is 0 Å². The molecule has 1 saturated carbocycles. The fourth-order valence-corrected chi connectivity index (χ4v) is 2.50. The number of nitrogens with one attached hydrogen (secondary N) is 1. The second-order valence-corrected chi connectivity index (χ2v) is 5.43. The van der Waals surface area contributed by atoms with Crippen LogP contribution in [-0.4, -0.2) is 31.0 Å². The predicted molar refractivity (Wildman–Crippen MR) is 80.1 cm³/mol. The van der Waals surface area contributed by atoms with E-state index in [2.05, 4.69) is 19.8 Å². The topological polar surface area (TPSA) is 110 Å². The van der Waals surface area contributed by atoms with Crippen molar-refractivity contribution >= 4 is 17.1 Å². The highest BCUT2D eigenvalue weighted by atomic mass is 16.7. The number of aromatic amines is 1. The Morgan fingerprint density at radius 2 is 2.22 bits per heavy atom. The standard InChI is InChI=1S/C15H12N4O4/c20-13-11-5-9(8-1-2-8)3-4-12(11)17-14(18-13)19-7-10(6-16-19)23-15(21)22/h3-8H,1-2H2,(H,21,22)(H,17,18,20). The summed E-state index contributed by atoms with van der Waals surface area (Å²) in [7, 11) is 0. The molecular weight excluding hydrogens is 300 g/mol. The minimum atomic E-state index is -1.43. The average molecular weight is 312 g/mol. The maximum atomic E-state index is 12.3. The fraction of sp³-hybridized carbons (Fsp3) is 0.200. The molecule has 1 aromatic carbocycles. The van der Waals surface area contributed by atoms with Gasteiger partial charge in [-0.2, -0.15) is 5.10 Å². The molecule has 8 heteroatoms. The molecule has 116 valence electrons. The molecule has 0 saturated heterocycles. The van der Waals surface area contributed by atoms with Crippen molar-refractivity contribution in [2.24, 2.45) is 0 Å². The lowest BCUT2D eigenvalue weighted by atomic mass is 10.1. The summed E-state index contributed by atoms with van der Waals surface area (Å²) < 4.78 is 5.75. The smallest absolute Gasteiger partial charge is 0.449 e. The molecule has 2 aromatic heterocycles. The van der Waals surface area contributed by atoms with Crippen molar-refractivity contribution in [2.45, 2.75) is 18.8 Å². The summed E-state index contributed by atoms with van der Waals surface area (Å²) in [5.74, 6) is 0.798. The first-order valence-corrected chi connectivity index (χ1v) is 7.10. The van der Waals surface area contributed by atoms with Gasteiger partial charge in [0.05, 0.1) is 23.3 Å². The van der Waals surface area contributed by atoms with Crippen LogP contribution in [0.1, 0.15) is 24.3 Å². The Hall–Kier alpha value is -3.16. The van der Waals surface area contributed by atoms with Crippen molar-refractivity contribution < 1.29 is 14.6 Å². The molecule has 0 radical (unpaired) electrons. The highest BCUT2D eigenvalue weighted by Gasteiger charge is 2.24. The zero-order valence-corrected chi connectivity index (χ0v) is 11.9. The van der Waals surface area contributed by atoms with Gasteiger partial charge in [0.1, 0.15) is 0 Å². The van der Waals surface area contributed by atoms with E-state index in [0.29, 0.717) is 16.8 Å². The van der Waals surface area contributed by atoms with Gasteiger partial charge in [-0.3, -0.25) is 9.78 Å². The summed E-state index contributed by atoms with van der Waals surface area (Å²) in [5, 5.41) is 13.0. The zero-order valence-electron chi connectivity index (χ0n) is 11.9. The normalized spacial score (nSPS) is 14.1. The third-order valence-electron chi connectivity index (χ3n) is 3.75. The lowest BCUT2D eigenvalue weighted by molar-refractivity contribution is 0.144. The molecule has 8 nitrogen and oxygen atoms in total. The van der Waals surface area contributed by atoms with Crippen LogP contribution in [-0.2, 0) is 0 Å². The van der Waals surface area contributed by atoms with Crippen molar-refractivity contribution in [3.8, 4) is 11.7 Å². The minimum absolute atomic E-state index is 0.0457. The molecule has 0 unspecified atom stereocenters. The van der Waals surface area contributed by atoms with Gasteiger partial charge >= 0.3 is 6.16 Å². The van der Waals surface area contributed by atoms with Gasteiger partial charge in [-0.05, 0) is 36.5 Å². The predicted octanol–water partition coefficient (Wildman–Crippen LogP) is 2.04. The number of H-pyrrole nitrogens is 1. The van der Waals surface area contributed by atoms with Gasteiger partial charge in [-0.25, -0.2) is 14.5 Å². The maximum Gasteiger partial charge on any atom is 0.511 e. The van der Waals surface area contributed by atoms with E-state index in [-0.39, 0.29) is 17.3 Å². The molecule has 0 amide bonds. The first kappa shape index (κ1) is 13.5. The summed E-state index contributed by atoms with van der Waals surface area (Å²) in [6, 6.07) is 5.68. The molecule has 4 rings (SSSR count). The number of carbonyl (C=O) groups is 1. The van der Waals surface area contributed by atoms with E-state index in [1.165, 1.54) is 17.1 Å². The molecule has 0 bridgehead atoms. The van der Waals surface area contributed by atoms with Gasteiger partial charge in [-0.15, -0.1) is 0 Å². The van der Waals surface area contributed by atoms with E-state index in [9.17, 15) is 9.59 Å². The van der Waals surface area contributed by atoms with Crippen LogP contribution in [0, 0.1) is 0 Å². The van der Waals surface area contributed by atoms with Crippen LogP contribution in [0.15, 0.2) is 35.4 Å². The van der Waals surface area contributed by atoms with E-state index in [1.54, 1.807) is 0 Å². The van der Waals surface area contributed by atoms with Gasteiger partial charge in [0.2, 0.25) is 5.95 Å². The first-order chi connectivity index (χ1) is 11.1. The number of hydrogen-bond donors (Lipinski definition) is 2. The number of benzene rings is 1. The van der Waals surface area contributed by atoms with Crippen LogP contribution < -0.4 is 10.3 Å². The first-order valence-electron chi connectivity index (χ1n) is 7.10. The fourth-order valence-electron chi connectivity index (χ4n) is 2.50. The number of nitrogens with zero attached hydrogens (tertiary/aromatic N) is 3. The molecule has 1 aliphatic rings. The quantitative estimate of drug-likeness (QED) is 0.716. The third-order valence-corrected chi connectivity index (χ3v) is 3.75. The Morgan fingerprint density at radius 3 is 2.96 bits per heavy atom. The SMILES string of the molecule is O=C(O)Oc1cnn(-c2nc3ccc(C4CC4)cc3c(=O)[nH]2)c1. The zero-order chi connectivity index (χ0) is 16.0. The van der Waals surface area contributed by atoms with Crippen molar-refractivity contribution in [3.63, 3.8) is 0 Å². The highest BCUT2D eigenvalue weighted by molar-refractivity contribution is 5.79. The van der Waals surface area contributed by atoms with E-state index in [1.807, 2.05) is 18.2 Å². The molecule has 0 spiro atoms. The molecule has 3 aromatic rings. The van der Waals surface area contributed by atoms with E-state index in [4.69, 9.17) is 5.11 Å². The number of rotatable bonds is 3. The van der Waals surface area contributed by atoms with Gasteiger partial charge in [0, 0.05) is 0 Å². The van der Waals surface area contributed by atoms with Crippen LogP contribution in [0.3, 0.4) is 0 Å². The molecule has 23 heavy (non-hydrogen) atoms. The van der Waals surface area contributed by atoms with Crippen LogP contribution in [0.25, 0.3) is 16.9 Å². The Kier molecular flexibility index (Phi) is 2.90. The van der Waals surface area contributed by atoms with Gasteiger partial charge in [0.25, 0.3) is 5.56 Å². The van der Waals surface area contributed by atoms with Crippen molar-refractivity contribution in [3.05, 3.63) is 46.5 Å². The lowest BCUT2D eigenvalue weighted by Gasteiger charge is -2.04. The number of hydrogen-bond acceptors (Lipinski definition) is 5. The number of fused-ring (bicyclic) bond motifs is 1. The van der Waals surface area contributed by atoms with E-state index < -0.39 is 6.16 Å². The van der Waals surface area contributed by atoms with Gasteiger partial charge in [-0.1, -0.05) is 6.07 Å². The second kappa shape index (κ2) is 4.94. The number of aromatic nitrogens is 4. The number of ether oxygens (including phenoxy) is 1. The summed E-state index contributed by atoms with van der Waals surface area (Å²) in [6.45, 7) is 0. The van der Waals surface area contributed by atoms with Crippen LogP contribution in [0.4, 0.5) is 4.79 Å². The summed E-state index contributed by atoms with van der Waals surface area (Å²) >= 11 is 0. The van der Waals surface area contributed by atoms with Crippen LogP contribution >= 0.6 is 0 Å². The third kappa shape index (κ3) is 2.54. The minimum Gasteiger partial charge on any atom is -0.449 e. The molecule has 1 fully saturated rings. The Balaban J connectivity index is 1.76. The molecule has 2 heterocycles. The Bertz CT molecular complexity index is 971. The molecule has 0 aliphatic heterocycles. The second-order valence-electron chi connectivity index (χ2n) is 5.43. The summed E-state index contributed by atoms with van der Waals surface area (Å²) in [4.78, 5) is 29.8. The van der Waals surface area contributed by atoms with Crippen molar-refractivity contribution in [1.82, 2.24) is 19.7 Å². The average Bonchev–Trinajstić information content (AvgIpc) is 3.26. The van der Waals surface area contributed by atoms with Gasteiger partial charge in [0.15, 0.2) is 5.75 Å². The molecular formula is C15H12N4O4. The molecule has 1 aliphatic carbocycles. The van der Waals surface area contributed by atoms with Gasteiger partial charge < -0.3 is 9.84 Å². The van der Waals surface area contributed by atoms with E-state index >= 15 is 0 Å². The van der Waals surface area contributed by atoms with E-state index in [0.717, 1.165) is 18.4 Å². The number of carboxylic acid groups (broad SMARTS) is 1. The monoisotopic (exact) mass is 312 g/mol. The summed E-state index contributed by atoms with van der Waals surface area (Å²) in [5.41, 5.74) is 1.46. The molecule has 0 atom stereocenters. The van der Waals surface area contributed by atoms with Crippen molar-refractivity contribution in [1.29, 1.82) is 0 Å². The van der Waals surface area contributed by atoms with Crippen LogP contribution in [0.5, 0.6) is 5.75 Å². The Morgan fingerprint density at radius 1 is 1.39 bits per heavy atom. The highest BCUT2D eigenvalue weighted by Crippen LogP contribution is 2.40. The lowest BCUT2D eigenvalue weighted by Crippen LogP contribution is -2.14. The van der Waals surface area contributed by atoms with Crippen molar-refractivity contribution in [2.75, 3.05) is 0 Å².